The van der Waals surface area contributed by atoms with Gasteiger partial charge in [-0.2, -0.15) is 0 Å². The average Bonchev–Trinajstić information content (AvgIpc) is 2.32. The summed E-state index contributed by atoms with van der Waals surface area (Å²) >= 11 is 9.15. The summed E-state index contributed by atoms with van der Waals surface area (Å²) in [5.41, 5.74) is 0. The first kappa shape index (κ1) is 15.3. The molecular weight excluding hydrogens is 321 g/mol. The lowest BCUT2D eigenvalue weighted by atomic mass is 10.3. The van der Waals surface area contributed by atoms with E-state index in [1.165, 1.54) is 0 Å². The molecule has 0 aliphatic heterocycles. The molecule has 0 bridgehead atoms. The van der Waals surface area contributed by atoms with Gasteiger partial charge in [0, 0.05) is 18.7 Å². The van der Waals surface area contributed by atoms with Gasteiger partial charge in [-0.1, -0.05) is 11.6 Å². The number of methoxy groups -OCH3 is 1. The molecule has 1 atom stereocenters. The predicted molar refractivity (Wildman–Crippen MR) is 74.1 cm³/mol. The largest absolute Gasteiger partial charge is 0.480 e. The van der Waals surface area contributed by atoms with Crippen LogP contribution in [0.15, 0.2) is 22.7 Å². The molecule has 1 unspecified atom stereocenters. The zero-order valence-corrected chi connectivity index (χ0v) is 12.5. The van der Waals surface area contributed by atoms with Gasteiger partial charge in [0.2, 0.25) is 0 Å². The topological polar surface area (TPSA) is 47.6 Å². The minimum atomic E-state index is -0.584. The Morgan fingerprint density at radius 1 is 1.56 bits per heavy atom. The maximum atomic E-state index is 11.7. The number of rotatable bonds is 6. The fourth-order valence-electron chi connectivity index (χ4n) is 1.23. The Bertz CT molecular complexity index is 414. The molecule has 1 aromatic carbocycles. The van der Waals surface area contributed by atoms with E-state index in [-0.39, 0.29) is 5.91 Å². The minimum Gasteiger partial charge on any atom is -0.480 e. The molecule has 0 aliphatic rings. The Balaban J connectivity index is 2.53. The van der Waals surface area contributed by atoms with E-state index in [2.05, 4.69) is 21.2 Å². The molecule has 0 aliphatic carbocycles. The number of nitrogens with one attached hydrogen (secondary N) is 1. The number of carbonyl (C=O) groups excluding carboxylic acids is 1. The van der Waals surface area contributed by atoms with E-state index in [1.807, 2.05) is 0 Å². The Kier molecular flexibility index (Phi) is 6.46. The quantitative estimate of drug-likeness (QED) is 0.812. The molecule has 100 valence electrons. The first-order chi connectivity index (χ1) is 8.54. The summed E-state index contributed by atoms with van der Waals surface area (Å²) in [4.78, 5) is 11.7. The van der Waals surface area contributed by atoms with Crippen molar-refractivity contribution >= 4 is 33.4 Å². The van der Waals surface area contributed by atoms with Gasteiger partial charge in [-0.25, -0.2) is 0 Å². The van der Waals surface area contributed by atoms with Crippen LogP contribution in [0, 0.1) is 0 Å². The van der Waals surface area contributed by atoms with Crippen LogP contribution in [0.5, 0.6) is 5.75 Å². The maximum Gasteiger partial charge on any atom is 0.260 e. The molecule has 1 aromatic rings. The van der Waals surface area contributed by atoms with E-state index in [0.29, 0.717) is 28.4 Å². The highest BCUT2D eigenvalue weighted by molar-refractivity contribution is 9.10. The summed E-state index contributed by atoms with van der Waals surface area (Å²) in [6.45, 7) is 2.62. The Hall–Kier alpha value is -0.780. The second kappa shape index (κ2) is 7.61. The molecule has 0 spiro atoms. The van der Waals surface area contributed by atoms with Gasteiger partial charge >= 0.3 is 0 Å². The van der Waals surface area contributed by atoms with Crippen molar-refractivity contribution < 1.29 is 14.3 Å². The number of hydrogen-bond donors (Lipinski definition) is 1. The van der Waals surface area contributed by atoms with Crippen molar-refractivity contribution in [3.05, 3.63) is 27.7 Å². The lowest BCUT2D eigenvalue weighted by Crippen LogP contribution is -2.37. The van der Waals surface area contributed by atoms with Crippen LogP contribution in [0.3, 0.4) is 0 Å². The smallest absolute Gasteiger partial charge is 0.260 e. The van der Waals surface area contributed by atoms with Crippen molar-refractivity contribution in [3.63, 3.8) is 0 Å². The molecule has 4 nitrogen and oxygen atoms in total. The number of benzene rings is 1. The summed E-state index contributed by atoms with van der Waals surface area (Å²) in [6, 6.07) is 5.13. The lowest BCUT2D eigenvalue weighted by molar-refractivity contribution is -0.127. The normalized spacial score (nSPS) is 12.0. The van der Waals surface area contributed by atoms with Crippen molar-refractivity contribution in [2.45, 2.75) is 13.0 Å². The molecule has 6 heteroatoms. The fourth-order valence-corrected chi connectivity index (χ4v) is 2.01. The third kappa shape index (κ3) is 4.84. The summed E-state index contributed by atoms with van der Waals surface area (Å²) in [5.74, 6) is 0.391. The standard InChI is InChI=1S/C12H15BrClNO3/c1-8(12(16)15-5-6-17-2)18-11-4-3-9(14)7-10(11)13/h3-4,7-8H,5-6H2,1-2H3,(H,15,16). The molecule has 0 saturated heterocycles. The molecule has 0 fully saturated rings. The van der Waals surface area contributed by atoms with Crippen molar-refractivity contribution in [2.24, 2.45) is 0 Å². The molecule has 1 rings (SSSR count). The SMILES string of the molecule is COCCNC(=O)C(C)Oc1ccc(Cl)cc1Br. The summed E-state index contributed by atoms with van der Waals surface area (Å²) in [5, 5.41) is 3.31. The molecule has 1 N–H and O–H groups in total. The highest BCUT2D eigenvalue weighted by Gasteiger charge is 2.15. The van der Waals surface area contributed by atoms with E-state index in [0.717, 1.165) is 0 Å². The lowest BCUT2D eigenvalue weighted by Gasteiger charge is -2.15. The Labute approximate surface area is 120 Å². The molecular formula is C12H15BrClNO3. The maximum absolute atomic E-state index is 11.7. The van der Waals surface area contributed by atoms with E-state index >= 15 is 0 Å². The molecule has 1 amide bonds. The van der Waals surface area contributed by atoms with Crippen LogP contribution < -0.4 is 10.1 Å². The number of carbonyl (C=O) groups is 1. The predicted octanol–water partition coefficient (Wildman–Crippen LogP) is 2.63. The van der Waals surface area contributed by atoms with Crippen LogP contribution in [0.25, 0.3) is 0 Å². The monoisotopic (exact) mass is 335 g/mol. The minimum absolute atomic E-state index is 0.186. The zero-order chi connectivity index (χ0) is 13.5. The molecule has 18 heavy (non-hydrogen) atoms. The van der Waals surface area contributed by atoms with Crippen LogP contribution in [0.2, 0.25) is 5.02 Å². The first-order valence-electron chi connectivity index (χ1n) is 5.43. The fraction of sp³-hybridized carbons (Fsp3) is 0.417. The summed E-state index contributed by atoms with van der Waals surface area (Å²) < 4.78 is 11.1. The average molecular weight is 337 g/mol. The molecule has 0 saturated carbocycles. The van der Waals surface area contributed by atoms with Gasteiger partial charge in [0.15, 0.2) is 6.10 Å². The Morgan fingerprint density at radius 2 is 2.28 bits per heavy atom. The van der Waals surface area contributed by atoms with Gasteiger partial charge in [-0.15, -0.1) is 0 Å². The van der Waals surface area contributed by atoms with Crippen LogP contribution in [0.4, 0.5) is 0 Å². The van der Waals surface area contributed by atoms with Gasteiger partial charge < -0.3 is 14.8 Å². The van der Waals surface area contributed by atoms with Crippen molar-refractivity contribution in [3.8, 4) is 5.75 Å². The summed E-state index contributed by atoms with van der Waals surface area (Å²) in [6.07, 6.45) is -0.584. The van der Waals surface area contributed by atoms with E-state index in [4.69, 9.17) is 21.1 Å². The number of halogens is 2. The third-order valence-corrected chi connectivity index (χ3v) is 3.03. The number of amides is 1. The van der Waals surface area contributed by atoms with Gasteiger partial charge in [-0.3, -0.25) is 4.79 Å². The zero-order valence-electron chi connectivity index (χ0n) is 10.2. The van der Waals surface area contributed by atoms with Gasteiger partial charge in [0.25, 0.3) is 5.91 Å². The van der Waals surface area contributed by atoms with Crippen LogP contribution >= 0.6 is 27.5 Å². The van der Waals surface area contributed by atoms with E-state index in [1.54, 1.807) is 32.2 Å². The van der Waals surface area contributed by atoms with E-state index in [9.17, 15) is 4.79 Å². The van der Waals surface area contributed by atoms with Crippen LogP contribution in [-0.4, -0.2) is 32.3 Å². The van der Waals surface area contributed by atoms with Crippen LogP contribution in [0.1, 0.15) is 6.92 Å². The van der Waals surface area contributed by atoms with Gasteiger partial charge in [0.05, 0.1) is 11.1 Å². The third-order valence-electron chi connectivity index (χ3n) is 2.17. The number of ether oxygens (including phenoxy) is 2. The van der Waals surface area contributed by atoms with Crippen molar-refractivity contribution in [1.82, 2.24) is 5.32 Å². The number of hydrogen-bond acceptors (Lipinski definition) is 3. The van der Waals surface area contributed by atoms with E-state index < -0.39 is 6.10 Å². The highest BCUT2D eigenvalue weighted by Crippen LogP contribution is 2.28. The second-order valence-electron chi connectivity index (χ2n) is 3.62. The van der Waals surface area contributed by atoms with Crippen molar-refractivity contribution in [2.75, 3.05) is 20.3 Å². The highest BCUT2D eigenvalue weighted by atomic mass is 79.9. The van der Waals surface area contributed by atoms with Gasteiger partial charge in [-0.05, 0) is 41.1 Å². The summed E-state index contributed by atoms with van der Waals surface area (Å²) in [7, 11) is 1.58. The first-order valence-corrected chi connectivity index (χ1v) is 6.60. The Morgan fingerprint density at radius 3 is 2.89 bits per heavy atom. The van der Waals surface area contributed by atoms with Crippen LogP contribution in [-0.2, 0) is 9.53 Å². The molecule has 0 heterocycles. The van der Waals surface area contributed by atoms with Gasteiger partial charge in [0.1, 0.15) is 5.75 Å². The molecule has 0 radical (unpaired) electrons. The van der Waals surface area contributed by atoms with Crippen molar-refractivity contribution in [1.29, 1.82) is 0 Å². The second-order valence-corrected chi connectivity index (χ2v) is 4.91. The molecule has 0 aromatic heterocycles.